The fourth-order valence-electron chi connectivity index (χ4n) is 2.02. The minimum atomic E-state index is 0.898. The summed E-state index contributed by atoms with van der Waals surface area (Å²) < 4.78 is 0. The van der Waals surface area contributed by atoms with E-state index in [-0.39, 0.29) is 0 Å². The average Bonchev–Trinajstić information content (AvgIpc) is 2.73. The van der Waals surface area contributed by atoms with Crippen molar-refractivity contribution in [2.24, 2.45) is 4.99 Å². The summed E-state index contributed by atoms with van der Waals surface area (Å²) in [5.41, 5.74) is 4.44. The van der Waals surface area contributed by atoms with Crippen LogP contribution < -0.4 is 0 Å². The van der Waals surface area contributed by atoms with E-state index in [0.29, 0.717) is 0 Å². The Hall–Kier alpha value is -1.49. The van der Waals surface area contributed by atoms with Gasteiger partial charge < -0.3 is 9.88 Å². The third-order valence-corrected chi connectivity index (χ3v) is 3.54. The maximum absolute atomic E-state index is 4.51. The molecule has 5 heteroatoms. The zero-order chi connectivity index (χ0) is 11.1. The van der Waals surface area contributed by atoms with Crippen molar-refractivity contribution in [1.29, 1.82) is 0 Å². The molecule has 1 aromatic carbocycles. The maximum atomic E-state index is 4.51. The molecule has 0 fully saturated rings. The molecule has 82 valence electrons. The van der Waals surface area contributed by atoms with E-state index in [1.165, 1.54) is 10.5 Å². The molecule has 0 saturated heterocycles. The predicted molar refractivity (Wildman–Crippen MR) is 67.5 cm³/mol. The van der Waals surface area contributed by atoms with E-state index in [2.05, 4.69) is 32.2 Å². The molecule has 0 aliphatic carbocycles. The molecular weight excluding hydrogens is 220 g/mol. The van der Waals surface area contributed by atoms with Crippen molar-refractivity contribution in [1.82, 2.24) is 14.9 Å². The van der Waals surface area contributed by atoms with Crippen molar-refractivity contribution in [2.75, 3.05) is 13.3 Å². The van der Waals surface area contributed by atoms with Crippen LogP contribution in [0.15, 0.2) is 22.3 Å². The van der Waals surface area contributed by atoms with Gasteiger partial charge in [0.2, 0.25) is 0 Å². The van der Waals surface area contributed by atoms with Crippen molar-refractivity contribution in [2.45, 2.75) is 11.4 Å². The maximum Gasteiger partial charge on any atom is 0.0932 e. The van der Waals surface area contributed by atoms with E-state index < -0.39 is 0 Å². The minimum Gasteiger partial charge on any atom is -0.361 e. The second-order valence-electron chi connectivity index (χ2n) is 3.87. The second-order valence-corrected chi connectivity index (χ2v) is 4.69. The Labute approximate surface area is 97.8 Å². The first-order valence-corrected chi connectivity index (χ1v) is 6.29. The molecule has 2 heterocycles. The van der Waals surface area contributed by atoms with E-state index in [9.17, 15) is 0 Å². The summed E-state index contributed by atoms with van der Waals surface area (Å²) >= 11 is 1.72. The van der Waals surface area contributed by atoms with Crippen molar-refractivity contribution in [3.8, 4) is 0 Å². The van der Waals surface area contributed by atoms with Crippen LogP contribution in [0.1, 0.15) is 5.56 Å². The number of hydrogen-bond acceptors (Lipinski definition) is 4. The third-order valence-electron chi connectivity index (χ3n) is 2.73. The number of benzene rings is 1. The number of thioether (sulfide) groups is 1. The first-order chi connectivity index (χ1) is 7.79. The van der Waals surface area contributed by atoms with Crippen LogP contribution in [0.5, 0.6) is 0 Å². The van der Waals surface area contributed by atoms with Gasteiger partial charge in [0, 0.05) is 19.2 Å². The largest absolute Gasteiger partial charge is 0.361 e. The van der Waals surface area contributed by atoms with Gasteiger partial charge in [-0.2, -0.15) is 0 Å². The first kappa shape index (κ1) is 9.72. The Balaban J connectivity index is 2.33. The summed E-state index contributed by atoms with van der Waals surface area (Å²) in [6.45, 7) is 0.898. The standard InChI is InChI=1S/C11H12N4S/c1-15-4-7-3-8-10(13-5-12-8)11(16-2)9(7)14-6-15/h3,5-6H,4H2,1-2H3,(H,12,13). The van der Waals surface area contributed by atoms with Gasteiger partial charge in [0.05, 0.1) is 34.3 Å². The normalized spacial score (nSPS) is 14.5. The molecule has 0 amide bonds. The Morgan fingerprint density at radius 3 is 3.19 bits per heavy atom. The molecule has 1 aliphatic rings. The average molecular weight is 232 g/mol. The molecule has 0 radical (unpaired) electrons. The van der Waals surface area contributed by atoms with Gasteiger partial charge in [-0.05, 0) is 12.3 Å². The highest BCUT2D eigenvalue weighted by Gasteiger charge is 2.17. The number of rotatable bonds is 1. The van der Waals surface area contributed by atoms with Gasteiger partial charge in [0.15, 0.2) is 0 Å². The van der Waals surface area contributed by atoms with Crippen molar-refractivity contribution in [3.05, 3.63) is 18.0 Å². The molecule has 0 bridgehead atoms. The van der Waals surface area contributed by atoms with Gasteiger partial charge in [0.25, 0.3) is 0 Å². The van der Waals surface area contributed by atoms with Crippen LogP contribution in [0.4, 0.5) is 5.69 Å². The summed E-state index contributed by atoms with van der Waals surface area (Å²) in [4.78, 5) is 15.3. The van der Waals surface area contributed by atoms with E-state index in [1.54, 1.807) is 18.1 Å². The van der Waals surface area contributed by atoms with Crippen molar-refractivity contribution >= 4 is 34.8 Å². The summed E-state index contributed by atoms with van der Waals surface area (Å²) in [5, 5.41) is 0. The monoisotopic (exact) mass is 232 g/mol. The highest BCUT2D eigenvalue weighted by atomic mass is 32.2. The Morgan fingerprint density at radius 1 is 1.50 bits per heavy atom. The highest BCUT2D eigenvalue weighted by molar-refractivity contribution is 7.99. The molecule has 3 rings (SSSR count). The van der Waals surface area contributed by atoms with Crippen LogP contribution in [-0.4, -0.2) is 34.5 Å². The lowest BCUT2D eigenvalue weighted by atomic mass is 10.1. The quantitative estimate of drug-likeness (QED) is 0.768. The molecule has 1 aliphatic heterocycles. The van der Waals surface area contributed by atoms with E-state index >= 15 is 0 Å². The first-order valence-electron chi connectivity index (χ1n) is 5.07. The summed E-state index contributed by atoms with van der Waals surface area (Å²) in [6, 6.07) is 2.12. The molecular formula is C11H12N4S. The van der Waals surface area contributed by atoms with Crippen LogP contribution >= 0.6 is 11.8 Å². The fourth-order valence-corrected chi connectivity index (χ4v) is 2.77. The molecule has 0 spiro atoms. The number of nitrogens with one attached hydrogen (secondary N) is 1. The second kappa shape index (κ2) is 3.52. The molecule has 1 aromatic heterocycles. The van der Waals surface area contributed by atoms with E-state index in [4.69, 9.17) is 0 Å². The number of hydrogen-bond donors (Lipinski definition) is 1. The molecule has 0 unspecified atom stereocenters. The zero-order valence-electron chi connectivity index (χ0n) is 9.19. The molecule has 2 aromatic rings. The van der Waals surface area contributed by atoms with Crippen LogP contribution in [0.25, 0.3) is 11.0 Å². The summed E-state index contributed by atoms with van der Waals surface area (Å²) in [6.07, 6.45) is 5.69. The predicted octanol–water partition coefficient (Wildman–Crippen LogP) is 2.39. The minimum absolute atomic E-state index is 0.898. The van der Waals surface area contributed by atoms with Gasteiger partial charge in [-0.1, -0.05) is 0 Å². The Morgan fingerprint density at radius 2 is 2.38 bits per heavy atom. The smallest absolute Gasteiger partial charge is 0.0932 e. The van der Waals surface area contributed by atoms with Gasteiger partial charge >= 0.3 is 0 Å². The molecule has 0 atom stereocenters. The Kier molecular flexibility index (Phi) is 2.14. The van der Waals surface area contributed by atoms with Crippen LogP contribution in [0, 0.1) is 0 Å². The van der Waals surface area contributed by atoms with Gasteiger partial charge in [-0.3, -0.25) is 0 Å². The number of aromatic amines is 1. The van der Waals surface area contributed by atoms with Gasteiger partial charge in [0.1, 0.15) is 0 Å². The lowest BCUT2D eigenvalue weighted by Gasteiger charge is -2.21. The van der Waals surface area contributed by atoms with Crippen molar-refractivity contribution < 1.29 is 0 Å². The van der Waals surface area contributed by atoms with Gasteiger partial charge in [-0.25, -0.2) is 9.98 Å². The molecule has 1 N–H and O–H groups in total. The molecule has 16 heavy (non-hydrogen) atoms. The van der Waals surface area contributed by atoms with Gasteiger partial charge in [-0.15, -0.1) is 11.8 Å². The summed E-state index contributed by atoms with van der Waals surface area (Å²) in [5.74, 6) is 0. The van der Waals surface area contributed by atoms with Crippen LogP contribution in [-0.2, 0) is 6.54 Å². The van der Waals surface area contributed by atoms with Crippen molar-refractivity contribution in [3.63, 3.8) is 0 Å². The number of nitrogens with zero attached hydrogens (tertiary/aromatic N) is 3. The van der Waals surface area contributed by atoms with Crippen LogP contribution in [0.3, 0.4) is 0 Å². The number of fused-ring (bicyclic) bond motifs is 2. The lowest BCUT2D eigenvalue weighted by molar-refractivity contribution is 0.508. The number of H-pyrrole nitrogens is 1. The summed E-state index contributed by atoms with van der Waals surface area (Å²) in [7, 11) is 2.03. The fraction of sp³-hybridized carbons (Fsp3) is 0.273. The Bertz CT molecular complexity index is 573. The number of aromatic nitrogens is 2. The lowest BCUT2D eigenvalue weighted by Crippen LogP contribution is -2.18. The van der Waals surface area contributed by atoms with E-state index in [0.717, 1.165) is 23.3 Å². The highest BCUT2D eigenvalue weighted by Crippen LogP contribution is 2.38. The zero-order valence-corrected chi connectivity index (χ0v) is 10.0. The topological polar surface area (TPSA) is 44.3 Å². The van der Waals surface area contributed by atoms with E-state index in [1.807, 2.05) is 13.4 Å². The third kappa shape index (κ3) is 1.31. The SMILES string of the molecule is CSc1c2c(cc3nc[nH]c13)CN(C)C=N2. The number of imidazole rings is 1. The molecule has 4 nitrogen and oxygen atoms in total. The number of aliphatic imine (C=N–C) groups is 1. The molecule has 0 saturated carbocycles. The van der Waals surface area contributed by atoms with Crippen LogP contribution in [0.2, 0.25) is 0 Å².